The van der Waals surface area contributed by atoms with Crippen LogP contribution in [0.15, 0.2) is 95.1 Å². The molecule has 0 fully saturated rings. The summed E-state index contributed by atoms with van der Waals surface area (Å²) in [7, 11) is 0. The smallest absolute Gasteiger partial charge is 0.100 e. The molecular formula is C21H15N3. The van der Waals surface area contributed by atoms with Crippen LogP contribution in [0.25, 0.3) is 0 Å². The third-order valence-electron chi connectivity index (χ3n) is 3.50. The van der Waals surface area contributed by atoms with Gasteiger partial charge in [-0.2, -0.15) is 10.4 Å². The maximum absolute atomic E-state index is 8.82. The summed E-state index contributed by atoms with van der Waals surface area (Å²) in [6.45, 7) is 0. The molecular weight excluding hydrogens is 294 g/mol. The van der Waals surface area contributed by atoms with Crippen molar-refractivity contribution >= 4 is 11.9 Å². The van der Waals surface area contributed by atoms with Crippen molar-refractivity contribution in [3.05, 3.63) is 107 Å². The number of hydrogen-bond acceptors (Lipinski definition) is 3. The summed E-state index contributed by atoms with van der Waals surface area (Å²) in [6, 6.07) is 29.3. The van der Waals surface area contributed by atoms with Crippen LogP contribution in [0.5, 0.6) is 0 Å². The van der Waals surface area contributed by atoms with Crippen LogP contribution in [0.3, 0.4) is 0 Å². The van der Waals surface area contributed by atoms with Crippen molar-refractivity contribution in [1.82, 2.24) is 0 Å². The van der Waals surface area contributed by atoms with Crippen LogP contribution < -0.4 is 0 Å². The van der Waals surface area contributed by atoms with Crippen molar-refractivity contribution in [2.45, 2.75) is 0 Å². The molecule has 0 unspecified atom stereocenters. The van der Waals surface area contributed by atoms with Gasteiger partial charge in [-0.25, -0.2) is 0 Å². The lowest BCUT2D eigenvalue weighted by molar-refractivity contribution is 1.24. The fraction of sp³-hybridized carbons (Fsp3) is 0. The lowest BCUT2D eigenvalue weighted by atomic mass is 10.0. The van der Waals surface area contributed by atoms with E-state index in [0.717, 1.165) is 22.4 Å². The van der Waals surface area contributed by atoms with Gasteiger partial charge >= 0.3 is 0 Å². The van der Waals surface area contributed by atoms with Gasteiger partial charge in [0.05, 0.1) is 17.8 Å². The Hall–Kier alpha value is -3.51. The Morgan fingerprint density at radius 2 is 1.29 bits per heavy atom. The van der Waals surface area contributed by atoms with E-state index in [1.165, 1.54) is 0 Å². The molecule has 0 bridgehead atoms. The Kier molecular flexibility index (Phi) is 4.91. The van der Waals surface area contributed by atoms with E-state index in [1.54, 1.807) is 18.3 Å². The second kappa shape index (κ2) is 7.66. The Balaban J connectivity index is 1.92. The van der Waals surface area contributed by atoms with Gasteiger partial charge in [-0.15, -0.1) is 5.10 Å². The van der Waals surface area contributed by atoms with Crippen LogP contribution in [-0.4, -0.2) is 11.9 Å². The minimum absolute atomic E-state index is 0.630. The lowest BCUT2D eigenvalue weighted by Gasteiger charge is -2.05. The molecule has 3 aromatic rings. The second-order valence-corrected chi connectivity index (χ2v) is 5.16. The highest BCUT2D eigenvalue weighted by atomic mass is 15.2. The number of nitriles is 1. The van der Waals surface area contributed by atoms with Crippen molar-refractivity contribution in [3.8, 4) is 6.07 Å². The van der Waals surface area contributed by atoms with Gasteiger partial charge < -0.3 is 0 Å². The van der Waals surface area contributed by atoms with Crippen LogP contribution in [0, 0.1) is 11.3 Å². The molecule has 0 saturated heterocycles. The first-order valence-corrected chi connectivity index (χ1v) is 7.59. The fourth-order valence-electron chi connectivity index (χ4n) is 2.27. The van der Waals surface area contributed by atoms with Crippen LogP contribution >= 0.6 is 0 Å². The fourth-order valence-corrected chi connectivity index (χ4v) is 2.27. The maximum atomic E-state index is 8.82. The zero-order valence-electron chi connectivity index (χ0n) is 13.0. The standard InChI is InChI=1S/C21H15N3/c22-15-17-11-13-18(14-12-17)16-23-24-21(19-7-3-1-4-8-19)20-9-5-2-6-10-20/h1-14,16H/b23-16+. The van der Waals surface area contributed by atoms with Crippen molar-refractivity contribution in [3.63, 3.8) is 0 Å². The highest BCUT2D eigenvalue weighted by Crippen LogP contribution is 2.11. The quantitative estimate of drug-likeness (QED) is 0.519. The van der Waals surface area contributed by atoms with Gasteiger partial charge in [0.1, 0.15) is 5.71 Å². The molecule has 0 aromatic heterocycles. The first-order chi connectivity index (χ1) is 11.9. The molecule has 3 nitrogen and oxygen atoms in total. The normalized spacial score (nSPS) is 10.3. The molecule has 0 heterocycles. The predicted molar refractivity (Wildman–Crippen MR) is 97.3 cm³/mol. The SMILES string of the molecule is N#Cc1ccc(/C=N/N=C(c2ccccc2)c2ccccc2)cc1. The molecule has 3 rings (SSSR count). The summed E-state index contributed by atoms with van der Waals surface area (Å²) in [5.74, 6) is 0. The molecule has 0 aliphatic carbocycles. The average Bonchev–Trinajstić information content (AvgIpc) is 2.67. The van der Waals surface area contributed by atoms with E-state index in [4.69, 9.17) is 5.26 Å². The van der Waals surface area contributed by atoms with Crippen molar-refractivity contribution in [1.29, 1.82) is 5.26 Å². The average molecular weight is 309 g/mol. The zero-order valence-corrected chi connectivity index (χ0v) is 13.0. The van der Waals surface area contributed by atoms with Crippen molar-refractivity contribution < 1.29 is 0 Å². The summed E-state index contributed by atoms with van der Waals surface area (Å²) in [4.78, 5) is 0. The molecule has 0 saturated carbocycles. The van der Waals surface area contributed by atoms with E-state index in [9.17, 15) is 0 Å². The summed E-state index contributed by atoms with van der Waals surface area (Å²) in [5, 5.41) is 17.5. The molecule has 3 aromatic carbocycles. The van der Waals surface area contributed by atoms with E-state index in [2.05, 4.69) is 16.3 Å². The van der Waals surface area contributed by atoms with Gasteiger partial charge in [0, 0.05) is 11.1 Å². The topological polar surface area (TPSA) is 48.5 Å². The summed E-state index contributed by atoms with van der Waals surface area (Å²) in [5.41, 5.74) is 4.38. The summed E-state index contributed by atoms with van der Waals surface area (Å²) in [6.07, 6.45) is 1.69. The molecule has 0 spiro atoms. The van der Waals surface area contributed by atoms with E-state index < -0.39 is 0 Å². The monoisotopic (exact) mass is 309 g/mol. The van der Waals surface area contributed by atoms with Gasteiger partial charge in [-0.1, -0.05) is 72.8 Å². The molecule has 0 amide bonds. The molecule has 114 valence electrons. The van der Waals surface area contributed by atoms with Gasteiger partial charge in [0.15, 0.2) is 0 Å². The number of rotatable bonds is 4. The van der Waals surface area contributed by atoms with Gasteiger partial charge in [-0.3, -0.25) is 0 Å². The summed E-state index contributed by atoms with van der Waals surface area (Å²) < 4.78 is 0. The second-order valence-electron chi connectivity index (χ2n) is 5.16. The zero-order chi connectivity index (χ0) is 16.6. The first-order valence-electron chi connectivity index (χ1n) is 7.59. The molecule has 3 heteroatoms. The molecule has 24 heavy (non-hydrogen) atoms. The van der Waals surface area contributed by atoms with Gasteiger partial charge in [-0.05, 0) is 17.7 Å². The highest BCUT2D eigenvalue weighted by molar-refractivity contribution is 6.12. The molecule has 0 aliphatic heterocycles. The Labute approximate surface area is 141 Å². The molecule has 0 atom stereocenters. The van der Waals surface area contributed by atoms with E-state index in [0.29, 0.717) is 5.56 Å². The van der Waals surface area contributed by atoms with Gasteiger partial charge in [0.25, 0.3) is 0 Å². The van der Waals surface area contributed by atoms with Crippen molar-refractivity contribution in [2.24, 2.45) is 10.2 Å². The summed E-state index contributed by atoms with van der Waals surface area (Å²) >= 11 is 0. The Morgan fingerprint density at radius 1 is 0.750 bits per heavy atom. The van der Waals surface area contributed by atoms with Crippen molar-refractivity contribution in [2.75, 3.05) is 0 Å². The first kappa shape index (κ1) is 15.4. The van der Waals surface area contributed by atoms with E-state index in [1.807, 2.05) is 72.8 Å². The van der Waals surface area contributed by atoms with Crippen LogP contribution in [0.2, 0.25) is 0 Å². The van der Waals surface area contributed by atoms with E-state index >= 15 is 0 Å². The lowest BCUT2D eigenvalue weighted by Crippen LogP contribution is -2.02. The Bertz CT molecular complexity index is 846. The van der Waals surface area contributed by atoms with Crippen LogP contribution in [0.1, 0.15) is 22.3 Å². The third-order valence-corrected chi connectivity index (χ3v) is 3.50. The molecule has 0 aliphatic rings. The minimum atomic E-state index is 0.630. The number of benzene rings is 3. The molecule has 0 radical (unpaired) electrons. The maximum Gasteiger partial charge on any atom is 0.100 e. The minimum Gasteiger partial charge on any atom is -0.192 e. The van der Waals surface area contributed by atoms with Gasteiger partial charge in [0.2, 0.25) is 0 Å². The molecule has 0 N–H and O–H groups in total. The largest absolute Gasteiger partial charge is 0.192 e. The number of nitrogens with zero attached hydrogens (tertiary/aromatic N) is 3. The Morgan fingerprint density at radius 3 is 1.79 bits per heavy atom. The van der Waals surface area contributed by atoms with Crippen LogP contribution in [0.4, 0.5) is 0 Å². The third kappa shape index (κ3) is 3.82. The predicted octanol–water partition coefficient (Wildman–Crippen LogP) is 4.43. The van der Waals surface area contributed by atoms with E-state index in [-0.39, 0.29) is 0 Å². The number of hydrogen-bond donors (Lipinski definition) is 0. The highest BCUT2D eigenvalue weighted by Gasteiger charge is 2.05. The van der Waals surface area contributed by atoms with Crippen LogP contribution in [-0.2, 0) is 0 Å².